The van der Waals surface area contributed by atoms with E-state index < -0.39 is 22.7 Å². The number of aromatic nitrogens is 1. The summed E-state index contributed by atoms with van der Waals surface area (Å²) < 4.78 is 14.1. The summed E-state index contributed by atoms with van der Waals surface area (Å²) in [6.45, 7) is 2.00. The van der Waals surface area contributed by atoms with Crippen molar-refractivity contribution in [1.29, 1.82) is 0 Å². The summed E-state index contributed by atoms with van der Waals surface area (Å²) in [6.07, 6.45) is 1.76. The Kier molecular flexibility index (Phi) is 4.75. The van der Waals surface area contributed by atoms with E-state index >= 15 is 0 Å². The lowest BCUT2D eigenvalue weighted by Crippen LogP contribution is -2.39. The van der Waals surface area contributed by atoms with E-state index in [4.69, 9.17) is 11.6 Å². The zero-order valence-corrected chi connectivity index (χ0v) is 15.3. The molecule has 0 fully saturated rings. The fourth-order valence-electron chi connectivity index (χ4n) is 2.98. The third-order valence-corrected chi connectivity index (χ3v) is 5.69. The Labute approximate surface area is 155 Å². The molecular weight excluding hydrogens is 417 g/mol. The van der Waals surface area contributed by atoms with E-state index in [-0.39, 0.29) is 20.9 Å². The molecule has 9 heteroatoms. The molecule has 0 radical (unpaired) electrons. The molecule has 130 valence electrons. The fraction of sp³-hybridized carbons (Fsp3) is 0.250. The number of fused-ring (bicyclic) bond motifs is 1. The van der Waals surface area contributed by atoms with Gasteiger partial charge in [-0.05, 0) is 62.9 Å². The minimum absolute atomic E-state index is 0.130. The lowest BCUT2D eigenvalue weighted by atomic mass is 9.96. The first-order chi connectivity index (χ1) is 11.8. The summed E-state index contributed by atoms with van der Waals surface area (Å²) in [5.41, 5.74) is 1.08. The maximum atomic E-state index is 14.0. The molecule has 3 rings (SSSR count). The van der Waals surface area contributed by atoms with Gasteiger partial charge in [0.25, 0.3) is 5.91 Å². The molecule has 25 heavy (non-hydrogen) atoms. The minimum atomic E-state index is -0.626. The molecule has 1 unspecified atom stereocenters. The van der Waals surface area contributed by atoms with Gasteiger partial charge < -0.3 is 15.0 Å². The van der Waals surface area contributed by atoms with Crippen LogP contribution < -0.4 is 0 Å². The van der Waals surface area contributed by atoms with Crippen molar-refractivity contribution < 1.29 is 14.1 Å². The molecule has 2 heterocycles. The van der Waals surface area contributed by atoms with Crippen molar-refractivity contribution >= 4 is 39.3 Å². The maximum absolute atomic E-state index is 14.0. The first kappa shape index (κ1) is 17.8. The van der Waals surface area contributed by atoms with Crippen LogP contribution in [0.2, 0.25) is 5.02 Å². The van der Waals surface area contributed by atoms with Gasteiger partial charge in [-0.2, -0.15) is 0 Å². The summed E-state index contributed by atoms with van der Waals surface area (Å²) >= 11 is 9.21. The Morgan fingerprint density at radius 1 is 1.52 bits per heavy atom. The number of carbonyl (C=O) groups excluding carboxylic acids is 1. The van der Waals surface area contributed by atoms with Gasteiger partial charge in [0, 0.05) is 12.1 Å². The maximum Gasteiger partial charge on any atom is 0.368 e. The highest BCUT2D eigenvalue weighted by atomic mass is 79.9. The van der Waals surface area contributed by atoms with Crippen molar-refractivity contribution in [3.8, 4) is 0 Å². The fourth-order valence-corrected chi connectivity index (χ4v) is 3.62. The molecule has 0 bridgehead atoms. The van der Waals surface area contributed by atoms with Crippen LogP contribution in [0.4, 0.5) is 10.2 Å². The molecule has 1 aliphatic rings. The van der Waals surface area contributed by atoms with Crippen molar-refractivity contribution in [3.63, 3.8) is 0 Å². The Hall–Kier alpha value is -2.06. The molecule has 1 atom stereocenters. The lowest BCUT2D eigenvalue weighted by molar-refractivity contribution is -0.390. The van der Waals surface area contributed by atoms with Gasteiger partial charge in [-0.15, -0.1) is 0 Å². The van der Waals surface area contributed by atoms with Crippen LogP contribution in [0.15, 0.2) is 28.9 Å². The second kappa shape index (κ2) is 6.68. The largest absolute Gasteiger partial charge is 0.368 e. The highest BCUT2D eigenvalue weighted by molar-refractivity contribution is 9.10. The predicted octanol–water partition coefficient (Wildman–Crippen LogP) is 4.30. The van der Waals surface area contributed by atoms with Crippen molar-refractivity contribution in [1.82, 2.24) is 9.88 Å². The Balaban J connectivity index is 2.02. The summed E-state index contributed by atoms with van der Waals surface area (Å²) in [4.78, 5) is 28.7. The van der Waals surface area contributed by atoms with Crippen LogP contribution in [0.25, 0.3) is 0 Å². The second-order valence-electron chi connectivity index (χ2n) is 5.61. The van der Waals surface area contributed by atoms with E-state index in [1.807, 2.05) is 0 Å². The number of pyridine rings is 1. The number of hydrogen-bond donors (Lipinski definition) is 0. The second-order valence-corrected chi connectivity index (χ2v) is 6.78. The number of amides is 1. The van der Waals surface area contributed by atoms with Gasteiger partial charge in [-0.3, -0.25) is 4.79 Å². The number of nitro groups is 1. The van der Waals surface area contributed by atoms with Crippen molar-refractivity contribution in [2.75, 3.05) is 6.54 Å². The number of hydrogen-bond acceptors (Lipinski definition) is 4. The highest BCUT2D eigenvalue weighted by Gasteiger charge is 2.34. The summed E-state index contributed by atoms with van der Waals surface area (Å²) in [7, 11) is 0. The molecule has 0 spiro atoms. The predicted molar refractivity (Wildman–Crippen MR) is 93.2 cm³/mol. The average molecular weight is 429 g/mol. The quantitative estimate of drug-likeness (QED) is 0.415. The Morgan fingerprint density at radius 3 is 2.92 bits per heavy atom. The topological polar surface area (TPSA) is 76.3 Å². The number of rotatable bonds is 3. The van der Waals surface area contributed by atoms with Gasteiger partial charge in [-0.25, -0.2) is 4.39 Å². The van der Waals surface area contributed by atoms with Gasteiger partial charge in [-0.1, -0.05) is 11.6 Å². The molecular formula is C16H12BrClFN3O3. The molecule has 2 aromatic rings. The van der Waals surface area contributed by atoms with E-state index in [1.54, 1.807) is 19.1 Å². The number of benzene rings is 1. The summed E-state index contributed by atoms with van der Waals surface area (Å²) in [5, 5.41) is 11.4. The molecule has 1 aromatic heterocycles. The van der Waals surface area contributed by atoms with E-state index in [0.29, 0.717) is 24.1 Å². The third-order valence-electron chi connectivity index (χ3n) is 4.26. The Bertz CT molecular complexity index is 893. The van der Waals surface area contributed by atoms with Crippen LogP contribution in [0.1, 0.15) is 34.5 Å². The molecule has 6 nitrogen and oxygen atoms in total. The number of carbonyl (C=O) groups is 1. The third kappa shape index (κ3) is 3.00. The molecule has 1 aliphatic heterocycles. The van der Waals surface area contributed by atoms with Gasteiger partial charge in [0.1, 0.15) is 12.0 Å². The number of halogens is 3. The van der Waals surface area contributed by atoms with E-state index in [0.717, 1.165) is 6.07 Å². The standard InChI is InChI=1S/C16H12BrClFN3O3/c1-8(9-3-2-5-20-15(9)22(24)25)21-6-4-10-11(16(21)23)7-12(19)13(17)14(10)18/h2-3,5,7-8H,4,6H2,1H3. The van der Waals surface area contributed by atoms with Crippen molar-refractivity contribution in [3.05, 3.63) is 66.5 Å². The molecule has 0 N–H and O–H groups in total. The molecule has 1 aromatic carbocycles. The minimum Gasteiger partial charge on any atom is -0.358 e. The van der Waals surface area contributed by atoms with Crippen molar-refractivity contribution in [2.45, 2.75) is 19.4 Å². The van der Waals surface area contributed by atoms with Gasteiger partial charge in [0.05, 0.1) is 21.1 Å². The van der Waals surface area contributed by atoms with Gasteiger partial charge in [0.15, 0.2) is 0 Å². The molecule has 0 saturated carbocycles. The lowest BCUT2D eigenvalue weighted by Gasteiger charge is -2.34. The normalized spacial score (nSPS) is 15.0. The zero-order chi connectivity index (χ0) is 18.3. The van der Waals surface area contributed by atoms with E-state index in [9.17, 15) is 19.3 Å². The average Bonchev–Trinajstić information content (AvgIpc) is 2.60. The first-order valence-corrected chi connectivity index (χ1v) is 8.56. The van der Waals surface area contributed by atoms with Crippen LogP contribution in [0.5, 0.6) is 0 Å². The SMILES string of the molecule is CC(c1cccnc1[N+](=O)[O-])N1CCc2c(cc(F)c(Br)c2Cl)C1=O. The van der Waals surface area contributed by atoms with Gasteiger partial charge >= 0.3 is 5.82 Å². The first-order valence-electron chi connectivity index (χ1n) is 7.39. The van der Waals surface area contributed by atoms with Crippen molar-refractivity contribution in [2.24, 2.45) is 0 Å². The molecule has 0 aliphatic carbocycles. The zero-order valence-electron chi connectivity index (χ0n) is 13.0. The van der Waals surface area contributed by atoms with Crippen LogP contribution in [-0.4, -0.2) is 27.3 Å². The van der Waals surface area contributed by atoms with E-state index in [2.05, 4.69) is 20.9 Å². The van der Waals surface area contributed by atoms with Crippen LogP contribution in [0.3, 0.4) is 0 Å². The van der Waals surface area contributed by atoms with Crippen LogP contribution in [-0.2, 0) is 6.42 Å². The monoisotopic (exact) mass is 427 g/mol. The Morgan fingerprint density at radius 2 is 2.24 bits per heavy atom. The van der Waals surface area contributed by atoms with E-state index in [1.165, 1.54) is 11.1 Å². The number of nitrogens with zero attached hydrogens (tertiary/aromatic N) is 3. The van der Waals surface area contributed by atoms with Crippen LogP contribution >= 0.6 is 27.5 Å². The van der Waals surface area contributed by atoms with Gasteiger partial charge in [0.2, 0.25) is 0 Å². The summed E-state index contributed by atoms with van der Waals surface area (Å²) in [6, 6.07) is 3.70. The smallest absolute Gasteiger partial charge is 0.358 e. The summed E-state index contributed by atoms with van der Waals surface area (Å²) in [5.74, 6) is -1.34. The molecule has 0 saturated heterocycles. The highest BCUT2D eigenvalue weighted by Crippen LogP contribution is 2.37. The van der Waals surface area contributed by atoms with Crippen LogP contribution in [0, 0.1) is 15.9 Å². The molecule has 1 amide bonds.